The molecule has 0 aromatic heterocycles. The van der Waals surface area contributed by atoms with Gasteiger partial charge in [-0.25, -0.2) is 0 Å². The summed E-state index contributed by atoms with van der Waals surface area (Å²) in [4.78, 5) is 0. The molecule has 1 nitrogen and oxygen atoms in total. The third-order valence-electron chi connectivity index (χ3n) is 2.93. The second-order valence-electron chi connectivity index (χ2n) is 4.04. The first-order chi connectivity index (χ1) is 7.86. The Bertz CT molecular complexity index is 517. The molecule has 0 aliphatic heterocycles. The van der Waals surface area contributed by atoms with Gasteiger partial charge < -0.3 is 0 Å². The van der Waals surface area contributed by atoms with E-state index < -0.39 is 0 Å². The van der Waals surface area contributed by atoms with E-state index >= 15 is 0 Å². The molecule has 2 rings (SSSR count). The zero-order valence-electron chi connectivity index (χ0n) is 9.48. The summed E-state index contributed by atoms with van der Waals surface area (Å²) >= 11 is 0. The molecule has 1 heteroatoms. The quantitative estimate of drug-likeness (QED) is 0.741. The van der Waals surface area contributed by atoms with Gasteiger partial charge in [-0.2, -0.15) is 5.26 Å². The maximum absolute atomic E-state index is 9.22. The van der Waals surface area contributed by atoms with Crippen molar-refractivity contribution in [1.29, 1.82) is 5.26 Å². The lowest BCUT2D eigenvalue weighted by Crippen LogP contribution is -1.96. The van der Waals surface area contributed by atoms with Gasteiger partial charge in [0.25, 0.3) is 0 Å². The fourth-order valence-electron chi connectivity index (χ4n) is 2.13. The molecule has 0 aliphatic carbocycles. The summed E-state index contributed by atoms with van der Waals surface area (Å²) in [7, 11) is 0. The van der Waals surface area contributed by atoms with Gasteiger partial charge in [0, 0.05) is 0 Å². The Labute approximate surface area is 96.3 Å². The molecule has 16 heavy (non-hydrogen) atoms. The monoisotopic (exact) mass is 209 g/mol. The molecular formula is C15H15N. The van der Waals surface area contributed by atoms with Crippen molar-refractivity contribution >= 4 is 10.8 Å². The average molecular weight is 209 g/mol. The van der Waals surface area contributed by atoms with Crippen molar-refractivity contribution in [3.63, 3.8) is 0 Å². The summed E-state index contributed by atoms with van der Waals surface area (Å²) < 4.78 is 0. The van der Waals surface area contributed by atoms with Gasteiger partial charge in [-0.3, -0.25) is 0 Å². The van der Waals surface area contributed by atoms with Crippen molar-refractivity contribution in [3.05, 3.63) is 48.0 Å². The van der Waals surface area contributed by atoms with Crippen LogP contribution in [0, 0.1) is 11.3 Å². The maximum Gasteiger partial charge on any atom is 0.0718 e. The first kappa shape index (κ1) is 10.7. The van der Waals surface area contributed by atoms with Crippen molar-refractivity contribution in [2.24, 2.45) is 0 Å². The van der Waals surface area contributed by atoms with Crippen LogP contribution in [0.15, 0.2) is 42.5 Å². The van der Waals surface area contributed by atoms with E-state index in [0.29, 0.717) is 0 Å². The normalized spacial score (nSPS) is 12.2. The van der Waals surface area contributed by atoms with Crippen LogP contribution >= 0.6 is 0 Å². The van der Waals surface area contributed by atoms with Gasteiger partial charge >= 0.3 is 0 Å². The van der Waals surface area contributed by atoms with Gasteiger partial charge in [0.05, 0.1) is 12.0 Å². The molecule has 0 fully saturated rings. The van der Waals surface area contributed by atoms with E-state index in [0.717, 1.165) is 12.8 Å². The highest BCUT2D eigenvalue weighted by atomic mass is 14.3. The SMILES string of the molecule is CCC[C@H](C#N)c1cccc2ccccc12. The summed E-state index contributed by atoms with van der Waals surface area (Å²) in [5.41, 5.74) is 1.17. The van der Waals surface area contributed by atoms with Crippen LogP contribution in [-0.4, -0.2) is 0 Å². The number of rotatable bonds is 3. The van der Waals surface area contributed by atoms with Crippen molar-refractivity contribution in [1.82, 2.24) is 0 Å². The number of fused-ring (bicyclic) bond motifs is 1. The third kappa shape index (κ3) is 1.92. The van der Waals surface area contributed by atoms with Gasteiger partial charge in [0.15, 0.2) is 0 Å². The number of hydrogen-bond donors (Lipinski definition) is 0. The Morgan fingerprint density at radius 3 is 2.62 bits per heavy atom. The van der Waals surface area contributed by atoms with E-state index in [2.05, 4.69) is 37.3 Å². The minimum Gasteiger partial charge on any atom is -0.198 e. The van der Waals surface area contributed by atoms with E-state index in [4.69, 9.17) is 0 Å². The van der Waals surface area contributed by atoms with Crippen LogP contribution in [0.4, 0.5) is 0 Å². The molecule has 0 N–H and O–H groups in total. The standard InChI is InChI=1S/C15H15N/c1-2-6-13(11-16)15-10-5-8-12-7-3-4-9-14(12)15/h3-5,7-10,13H,2,6H2,1H3/t13-/m1/s1. The molecule has 0 bridgehead atoms. The fourth-order valence-corrected chi connectivity index (χ4v) is 2.13. The van der Waals surface area contributed by atoms with Gasteiger partial charge in [-0.1, -0.05) is 55.8 Å². The van der Waals surface area contributed by atoms with E-state index in [9.17, 15) is 5.26 Å². The Morgan fingerprint density at radius 2 is 1.88 bits per heavy atom. The maximum atomic E-state index is 9.22. The van der Waals surface area contributed by atoms with Crippen LogP contribution in [0.5, 0.6) is 0 Å². The van der Waals surface area contributed by atoms with Gasteiger partial charge in [-0.15, -0.1) is 0 Å². The van der Waals surface area contributed by atoms with Crippen LogP contribution in [0.2, 0.25) is 0 Å². The topological polar surface area (TPSA) is 23.8 Å². The lowest BCUT2D eigenvalue weighted by atomic mass is 9.91. The molecule has 0 radical (unpaired) electrons. The van der Waals surface area contributed by atoms with E-state index in [1.165, 1.54) is 16.3 Å². The van der Waals surface area contributed by atoms with Crippen LogP contribution in [-0.2, 0) is 0 Å². The number of hydrogen-bond acceptors (Lipinski definition) is 1. The molecule has 0 amide bonds. The number of nitriles is 1. The first-order valence-electron chi connectivity index (χ1n) is 5.74. The van der Waals surface area contributed by atoms with E-state index in [-0.39, 0.29) is 5.92 Å². The number of nitrogens with zero attached hydrogens (tertiary/aromatic N) is 1. The van der Waals surface area contributed by atoms with Gasteiger partial charge in [0.2, 0.25) is 0 Å². The third-order valence-corrected chi connectivity index (χ3v) is 2.93. The Balaban J connectivity index is 2.55. The molecule has 2 aromatic carbocycles. The predicted octanol–water partition coefficient (Wildman–Crippen LogP) is 4.25. The van der Waals surface area contributed by atoms with Gasteiger partial charge in [-0.05, 0) is 22.8 Å². The van der Waals surface area contributed by atoms with Gasteiger partial charge in [0.1, 0.15) is 0 Å². The zero-order valence-corrected chi connectivity index (χ0v) is 9.48. The Hall–Kier alpha value is -1.81. The number of benzene rings is 2. The minimum atomic E-state index is 0.0242. The molecule has 2 aromatic rings. The van der Waals surface area contributed by atoms with Crippen LogP contribution in [0.1, 0.15) is 31.2 Å². The molecule has 0 spiro atoms. The van der Waals surface area contributed by atoms with Crippen LogP contribution < -0.4 is 0 Å². The molecule has 0 aliphatic rings. The Kier molecular flexibility index (Phi) is 3.22. The zero-order chi connectivity index (χ0) is 11.4. The summed E-state index contributed by atoms with van der Waals surface area (Å²) in [6, 6.07) is 16.9. The molecule has 0 heterocycles. The lowest BCUT2D eigenvalue weighted by molar-refractivity contribution is 0.731. The second kappa shape index (κ2) is 4.81. The summed E-state index contributed by atoms with van der Waals surface area (Å²) in [6.45, 7) is 2.12. The van der Waals surface area contributed by atoms with Crippen molar-refractivity contribution < 1.29 is 0 Å². The minimum absolute atomic E-state index is 0.0242. The highest BCUT2D eigenvalue weighted by Gasteiger charge is 2.11. The Morgan fingerprint density at radius 1 is 1.12 bits per heavy atom. The first-order valence-corrected chi connectivity index (χ1v) is 5.74. The molecule has 80 valence electrons. The fraction of sp³-hybridized carbons (Fsp3) is 0.267. The molecule has 0 saturated carbocycles. The average Bonchev–Trinajstić information content (AvgIpc) is 2.35. The van der Waals surface area contributed by atoms with E-state index in [1.807, 2.05) is 18.2 Å². The van der Waals surface area contributed by atoms with E-state index in [1.54, 1.807) is 0 Å². The van der Waals surface area contributed by atoms with Crippen LogP contribution in [0.3, 0.4) is 0 Å². The molecule has 0 saturated heterocycles. The summed E-state index contributed by atoms with van der Waals surface area (Å²) in [5.74, 6) is 0.0242. The molecule has 1 atom stereocenters. The lowest BCUT2D eigenvalue weighted by Gasteiger charge is -2.11. The molecule has 0 unspecified atom stereocenters. The summed E-state index contributed by atoms with van der Waals surface area (Å²) in [6.07, 6.45) is 1.98. The van der Waals surface area contributed by atoms with Crippen molar-refractivity contribution in [2.45, 2.75) is 25.7 Å². The van der Waals surface area contributed by atoms with Crippen molar-refractivity contribution in [2.75, 3.05) is 0 Å². The van der Waals surface area contributed by atoms with Crippen LogP contribution in [0.25, 0.3) is 10.8 Å². The summed E-state index contributed by atoms with van der Waals surface area (Å²) in [5, 5.41) is 11.7. The highest BCUT2D eigenvalue weighted by Crippen LogP contribution is 2.28. The second-order valence-corrected chi connectivity index (χ2v) is 4.04. The molecular weight excluding hydrogens is 194 g/mol. The predicted molar refractivity (Wildman–Crippen MR) is 67.2 cm³/mol. The van der Waals surface area contributed by atoms with Crippen molar-refractivity contribution in [3.8, 4) is 6.07 Å². The smallest absolute Gasteiger partial charge is 0.0718 e. The highest BCUT2D eigenvalue weighted by molar-refractivity contribution is 5.86. The largest absolute Gasteiger partial charge is 0.198 e.